The second kappa shape index (κ2) is 7.64. The smallest absolute Gasteiger partial charge is 0.335 e. The maximum absolute atomic E-state index is 11.1. The Morgan fingerprint density at radius 1 is 1.36 bits per heavy atom. The third-order valence-electron chi connectivity index (χ3n) is 3.74. The lowest BCUT2D eigenvalue weighted by atomic mass is 9.98. The fourth-order valence-electron chi connectivity index (χ4n) is 2.52. The first-order valence-electron chi connectivity index (χ1n) is 7.51. The number of aldehydes is 1. The molecular weight excluding hydrogens is 282 g/mol. The first kappa shape index (κ1) is 16.1. The summed E-state index contributed by atoms with van der Waals surface area (Å²) in [7, 11) is 0. The van der Waals surface area contributed by atoms with E-state index < -0.39 is 5.97 Å². The topological polar surface area (TPSA) is 75.6 Å². The number of rotatable bonds is 7. The summed E-state index contributed by atoms with van der Waals surface area (Å²) in [6, 6.07) is 4.73. The molecule has 1 saturated carbocycles. The first-order valence-corrected chi connectivity index (χ1v) is 7.51. The van der Waals surface area contributed by atoms with Crippen LogP contribution >= 0.6 is 0 Å². The minimum absolute atomic E-state index is 0.166. The van der Waals surface area contributed by atoms with Crippen LogP contribution < -0.4 is 10.1 Å². The van der Waals surface area contributed by atoms with Crippen molar-refractivity contribution in [2.45, 2.75) is 38.2 Å². The Kier molecular flexibility index (Phi) is 5.58. The number of benzene rings is 1. The summed E-state index contributed by atoms with van der Waals surface area (Å²) in [5.74, 6) is -0.378. The van der Waals surface area contributed by atoms with Gasteiger partial charge in [0.15, 0.2) is 0 Å². The predicted molar refractivity (Wildman–Crippen MR) is 84.6 cm³/mol. The van der Waals surface area contributed by atoms with Crippen molar-refractivity contribution in [1.82, 2.24) is 0 Å². The SMILES string of the molecule is C=C(C=O)CNc1cc(C(=O)O)ccc1OC1CCCCC1. The molecule has 0 aliphatic heterocycles. The van der Waals surface area contributed by atoms with E-state index in [0.717, 1.165) is 25.7 Å². The van der Waals surface area contributed by atoms with Crippen LogP contribution in [0.3, 0.4) is 0 Å². The van der Waals surface area contributed by atoms with E-state index in [9.17, 15) is 9.59 Å². The normalized spacial score (nSPS) is 15.1. The average molecular weight is 303 g/mol. The Morgan fingerprint density at radius 3 is 2.73 bits per heavy atom. The van der Waals surface area contributed by atoms with E-state index in [4.69, 9.17) is 9.84 Å². The number of ether oxygens (including phenoxy) is 1. The van der Waals surface area contributed by atoms with Gasteiger partial charge in [-0.1, -0.05) is 13.0 Å². The number of carboxylic acid groups (broad SMARTS) is 1. The molecule has 1 aliphatic rings. The first-order chi connectivity index (χ1) is 10.6. The zero-order chi connectivity index (χ0) is 15.9. The van der Waals surface area contributed by atoms with Crippen molar-refractivity contribution in [3.63, 3.8) is 0 Å². The van der Waals surface area contributed by atoms with Crippen LogP contribution in [0.4, 0.5) is 5.69 Å². The van der Waals surface area contributed by atoms with Crippen molar-refractivity contribution in [2.24, 2.45) is 0 Å². The van der Waals surface area contributed by atoms with Gasteiger partial charge in [0.2, 0.25) is 0 Å². The molecule has 0 bridgehead atoms. The van der Waals surface area contributed by atoms with Crippen LogP contribution in [0.2, 0.25) is 0 Å². The molecule has 2 N–H and O–H groups in total. The zero-order valence-corrected chi connectivity index (χ0v) is 12.5. The number of hydrogen-bond donors (Lipinski definition) is 2. The van der Waals surface area contributed by atoms with Crippen LogP contribution in [0.25, 0.3) is 0 Å². The van der Waals surface area contributed by atoms with Gasteiger partial charge in [-0.2, -0.15) is 0 Å². The van der Waals surface area contributed by atoms with E-state index in [1.54, 1.807) is 6.07 Å². The quantitative estimate of drug-likeness (QED) is 0.597. The number of aromatic carboxylic acids is 1. The van der Waals surface area contributed by atoms with E-state index in [1.165, 1.54) is 18.6 Å². The maximum atomic E-state index is 11.1. The van der Waals surface area contributed by atoms with Crippen LogP contribution in [0.15, 0.2) is 30.4 Å². The molecule has 0 heterocycles. The van der Waals surface area contributed by atoms with Crippen LogP contribution in [-0.2, 0) is 4.79 Å². The van der Waals surface area contributed by atoms with Crippen molar-refractivity contribution < 1.29 is 19.4 Å². The van der Waals surface area contributed by atoms with Crippen LogP contribution in [-0.4, -0.2) is 30.0 Å². The number of carbonyl (C=O) groups is 2. The molecule has 5 heteroatoms. The zero-order valence-electron chi connectivity index (χ0n) is 12.5. The molecule has 0 unspecified atom stereocenters. The van der Waals surface area contributed by atoms with Gasteiger partial charge in [-0.15, -0.1) is 0 Å². The summed E-state index contributed by atoms with van der Waals surface area (Å²) in [5, 5.41) is 12.1. The summed E-state index contributed by atoms with van der Waals surface area (Å²) in [6.45, 7) is 3.86. The number of hydrogen-bond acceptors (Lipinski definition) is 4. The molecule has 1 fully saturated rings. The molecule has 22 heavy (non-hydrogen) atoms. The molecule has 5 nitrogen and oxygen atoms in total. The highest BCUT2D eigenvalue weighted by molar-refractivity contribution is 5.89. The van der Waals surface area contributed by atoms with Crippen LogP contribution in [0.1, 0.15) is 42.5 Å². The lowest BCUT2D eigenvalue weighted by molar-refractivity contribution is -0.104. The third kappa shape index (κ3) is 4.35. The van der Waals surface area contributed by atoms with Crippen molar-refractivity contribution >= 4 is 17.9 Å². The molecule has 0 atom stereocenters. The Labute approximate surface area is 130 Å². The van der Waals surface area contributed by atoms with Gasteiger partial charge in [0, 0.05) is 12.1 Å². The Balaban J connectivity index is 2.16. The van der Waals surface area contributed by atoms with Crippen molar-refractivity contribution in [2.75, 3.05) is 11.9 Å². The molecule has 0 saturated heterocycles. The average Bonchev–Trinajstić information content (AvgIpc) is 2.54. The summed E-state index contributed by atoms with van der Waals surface area (Å²) in [6.07, 6.45) is 6.42. The second-order valence-electron chi connectivity index (χ2n) is 5.52. The van der Waals surface area contributed by atoms with E-state index in [-0.39, 0.29) is 18.2 Å². The summed E-state index contributed by atoms with van der Waals surface area (Å²) < 4.78 is 6.01. The van der Waals surface area contributed by atoms with E-state index in [1.807, 2.05) is 0 Å². The summed E-state index contributed by atoms with van der Waals surface area (Å²) in [5.41, 5.74) is 1.15. The van der Waals surface area contributed by atoms with Gasteiger partial charge in [0.05, 0.1) is 17.4 Å². The number of carbonyl (C=O) groups excluding carboxylic acids is 1. The largest absolute Gasteiger partial charge is 0.488 e. The molecule has 0 spiro atoms. The van der Waals surface area contributed by atoms with Gasteiger partial charge in [-0.05, 0) is 43.9 Å². The van der Waals surface area contributed by atoms with Gasteiger partial charge in [0.25, 0.3) is 0 Å². The molecule has 1 aromatic rings. The Bertz CT molecular complexity index is 562. The highest BCUT2D eigenvalue weighted by Gasteiger charge is 2.17. The van der Waals surface area contributed by atoms with Gasteiger partial charge in [-0.25, -0.2) is 4.79 Å². The molecule has 0 aromatic heterocycles. The van der Waals surface area contributed by atoms with Crippen molar-refractivity contribution in [3.05, 3.63) is 35.9 Å². The molecule has 0 amide bonds. The molecule has 0 radical (unpaired) electrons. The van der Waals surface area contributed by atoms with Crippen LogP contribution in [0.5, 0.6) is 5.75 Å². The highest BCUT2D eigenvalue weighted by atomic mass is 16.5. The lowest BCUT2D eigenvalue weighted by Crippen LogP contribution is -2.20. The van der Waals surface area contributed by atoms with Gasteiger partial charge in [-0.3, -0.25) is 4.79 Å². The van der Waals surface area contributed by atoms with Gasteiger partial charge in [0.1, 0.15) is 12.0 Å². The number of nitrogens with one attached hydrogen (secondary N) is 1. The van der Waals surface area contributed by atoms with Crippen molar-refractivity contribution in [3.8, 4) is 5.75 Å². The standard InChI is InChI=1S/C17H21NO4/c1-12(11-19)10-18-15-9-13(17(20)21)7-8-16(15)22-14-5-3-2-4-6-14/h7-9,11,14,18H,1-6,10H2,(H,20,21). The van der Waals surface area contributed by atoms with Crippen molar-refractivity contribution in [1.29, 1.82) is 0 Å². The van der Waals surface area contributed by atoms with E-state index in [2.05, 4.69) is 11.9 Å². The molecule has 1 aromatic carbocycles. The van der Waals surface area contributed by atoms with E-state index in [0.29, 0.717) is 23.3 Å². The fourth-order valence-corrected chi connectivity index (χ4v) is 2.52. The molecular formula is C17H21NO4. The molecule has 118 valence electrons. The Hall–Kier alpha value is -2.30. The lowest BCUT2D eigenvalue weighted by Gasteiger charge is -2.24. The minimum atomic E-state index is -0.999. The Morgan fingerprint density at radius 2 is 2.09 bits per heavy atom. The molecule has 1 aliphatic carbocycles. The van der Waals surface area contributed by atoms with Gasteiger partial charge >= 0.3 is 5.97 Å². The highest BCUT2D eigenvalue weighted by Crippen LogP contribution is 2.30. The maximum Gasteiger partial charge on any atom is 0.335 e. The summed E-state index contributed by atoms with van der Waals surface area (Å²) in [4.78, 5) is 21.7. The minimum Gasteiger partial charge on any atom is -0.488 e. The fraction of sp³-hybridized carbons (Fsp3) is 0.412. The predicted octanol–water partition coefficient (Wildman–Crippen LogP) is 3.26. The number of carboxylic acids is 1. The van der Waals surface area contributed by atoms with Crippen LogP contribution in [0, 0.1) is 0 Å². The second-order valence-corrected chi connectivity index (χ2v) is 5.52. The number of anilines is 1. The molecule has 2 rings (SSSR count). The van der Waals surface area contributed by atoms with E-state index >= 15 is 0 Å². The van der Waals surface area contributed by atoms with Gasteiger partial charge < -0.3 is 15.2 Å². The third-order valence-corrected chi connectivity index (χ3v) is 3.74. The monoisotopic (exact) mass is 303 g/mol. The summed E-state index contributed by atoms with van der Waals surface area (Å²) >= 11 is 0.